The van der Waals surface area contributed by atoms with Gasteiger partial charge in [0.05, 0.1) is 18.1 Å². The van der Waals surface area contributed by atoms with Gasteiger partial charge < -0.3 is 0 Å². The molecule has 0 N–H and O–H groups in total. The largest absolute Gasteiger partial charge is 0.246 e. The molecule has 118 valence electrons. The third-order valence-corrected chi connectivity index (χ3v) is 6.14. The van der Waals surface area contributed by atoms with Crippen LogP contribution < -0.4 is 0 Å². The molecule has 1 atom stereocenters. The second-order valence-electron chi connectivity index (χ2n) is 5.77. The summed E-state index contributed by atoms with van der Waals surface area (Å²) in [5, 5.41) is 4.21. The Balaban J connectivity index is 1.91. The van der Waals surface area contributed by atoms with Crippen molar-refractivity contribution in [2.24, 2.45) is 0 Å². The van der Waals surface area contributed by atoms with E-state index in [1.807, 2.05) is 37.3 Å². The number of aromatic nitrogens is 2. The lowest BCUT2D eigenvalue weighted by Crippen LogP contribution is -2.38. The highest BCUT2D eigenvalue weighted by Gasteiger charge is 2.31. The molecule has 1 aromatic heterocycles. The van der Waals surface area contributed by atoms with Crippen LogP contribution in [0.15, 0.2) is 47.6 Å². The van der Waals surface area contributed by atoms with E-state index >= 15 is 0 Å². The van der Waals surface area contributed by atoms with Crippen LogP contribution in [0.3, 0.4) is 0 Å². The fraction of sp³-hybridized carbons (Fsp3) is 0.438. The molecule has 1 aromatic carbocycles. The quantitative estimate of drug-likeness (QED) is 0.874. The summed E-state index contributed by atoms with van der Waals surface area (Å²) in [4.78, 5) is 0.269. The SMILES string of the molecule is CC1CCCCCN1S(=O)(=O)c1cnn(-c2ccccc2)c1. The zero-order valence-electron chi connectivity index (χ0n) is 12.7. The maximum Gasteiger partial charge on any atom is 0.246 e. The highest BCUT2D eigenvalue weighted by molar-refractivity contribution is 7.89. The number of hydrogen-bond acceptors (Lipinski definition) is 3. The Kier molecular flexibility index (Phi) is 4.31. The van der Waals surface area contributed by atoms with Crippen molar-refractivity contribution in [1.82, 2.24) is 14.1 Å². The van der Waals surface area contributed by atoms with Gasteiger partial charge in [-0.2, -0.15) is 9.40 Å². The zero-order chi connectivity index (χ0) is 15.6. The molecule has 1 fully saturated rings. The van der Waals surface area contributed by atoms with Crippen LogP contribution in [0.4, 0.5) is 0 Å². The summed E-state index contributed by atoms with van der Waals surface area (Å²) in [6.45, 7) is 2.59. The van der Waals surface area contributed by atoms with Crippen molar-refractivity contribution in [2.75, 3.05) is 6.54 Å². The van der Waals surface area contributed by atoms with Crippen molar-refractivity contribution in [1.29, 1.82) is 0 Å². The molecule has 1 aliphatic heterocycles. The molecule has 22 heavy (non-hydrogen) atoms. The summed E-state index contributed by atoms with van der Waals surface area (Å²) in [7, 11) is -3.47. The van der Waals surface area contributed by atoms with Gasteiger partial charge in [0, 0.05) is 12.6 Å². The maximum atomic E-state index is 12.9. The molecule has 5 nitrogen and oxygen atoms in total. The van der Waals surface area contributed by atoms with Crippen LogP contribution in [0.1, 0.15) is 32.6 Å². The lowest BCUT2D eigenvalue weighted by molar-refractivity contribution is 0.342. The van der Waals surface area contributed by atoms with Crippen LogP contribution >= 0.6 is 0 Å². The van der Waals surface area contributed by atoms with Crippen molar-refractivity contribution in [3.63, 3.8) is 0 Å². The highest BCUT2D eigenvalue weighted by Crippen LogP contribution is 2.24. The molecule has 2 aromatic rings. The third-order valence-electron chi connectivity index (χ3n) is 4.18. The Morgan fingerprint density at radius 3 is 2.68 bits per heavy atom. The highest BCUT2D eigenvalue weighted by atomic mass is 32.2. The van der Waals surface area contributed by atoms with Crippen molar-refractivity contribution < 1.29 is 8.42 Å². The Bertz CT molecular complexity index is 725. The normalized spacial score (nSPS) is 20.7. The zero-order valence-corrected chi connectivity index (χ0v) is 13.5. The lowest BCUT2D eigenvalue weighted by Gasteiger charge is -2.25. The average Bonchev–Trinajstić information content (AvgIpc) is 2.92. The molecule has 0 radical (unpaired) electrons. The van der Waals surface area contributed by atoms with Gasteiger partial charge in [-0.25, -0.2) is 13.1 Å². The summed E-state index contributed by atoms with van der Waals surface area (Å²) in [6, 6.07) is 9.58. The fourth-order valence-corrected chi connectivity index (χ4v) is 4.54. The predicted molar refractivity (Wildman–Crippen MR) is 85.4 cm³/mol. The van der Waals surface area contributed by atoms with Crippen molar-refractivity contribution in [3.05, 3.63) is 42.7 Å². The molecule has 0 bridgehead atoms. The van der Waals surface area contributed by atoms with Gasteiger partial charge >= 0.3 is 0 Å². The Morgan fingerprint density at radius 1 is 1.14 bits per heavy atom. The van der Waals surface area contributed by atoms with E-state index in [2.05, 4.69) is 5.10 Å². The molecule has 2 heterocycles. The summed E-state index contributed by atoms with van der Waals surface area (Å²) in [6.07, 6.45) is 7.08. The molecule has 0 amide bonds. The number of rotatable bonds is 3. The van der Waals surface area contributed by atoms with Crippen LogP contribution in [-0.2, 0) is 10.0 Å². The fourth-order valence-electron chi connectivity index (χ4n) is 2.90. The first-order valence-corrected chi connectivity index (χ1v) is 9.15. The van der Waals surface area contributed by atoms with Gasteiger partial charge in [-0.15, -0.1) is 0 Å². The van der Waals surface area contributed by atoms with Crippen LogP contribution in [0, 0.1) is 0 Å². The van der Waals surface area contributed by atoms with Gasteiger partial charge in [0.25, 0.3) is 0 Å². The molecular formula is C16H21N3O2S. The lowest BCUT2D eigenvalue weighted by atomic mass is 10.1. The first-order valence-electron chi connectivity index (χ1n) is 7.71. The predicted octanol–water partition coefficient (Wildman–Crippen LogP) is 2.83. The maximum absolute atomic E-state index is 12.9. The summed E-state index contributed by atoms with van der Waals surface area (Å²) in [5.41, 5.74) is 0.855. The number of para-hydroxylation sites is 1. The first-order chi connectivity index (χ1) is 10.6. The van der Waals surface area contributed by atoms with Gasteiger partial charge in [0.2, 0.25) is 10.0 Å². The second-order valence-corrected chi connectivity index (χ2v) is 7.66. The van der Waals surface area contributed by atoms with E-state index in [1.165, 1.54) is 6.20 Å². The Hall–Kier alpha value is -1.66. The smallest absolute Gasteiger partial charge is 0.240 e. The van der Waals surface area contributed by atoms with Crippen molar-refractivity contribution in [2.45, 2.75) is 43.5 Å². The molecule has 1 unspecified atom stereocenters. The number of nitrogens with zero attached hydrogens (tertiary/aromatic N) is 3. The minimum atomic E-state index is -3.47. The Labute approximate surface area is 131 Å². The van der Waals surface area contributed by atoms with Gasteiger partial charge in [0.1, 0.15) is 4.90 Å². The summed E-state index contributed by atoms with van der Waals surface area (Å²) in [5.74, 6) is 0. The summed E-state index contributed by atoms with van der Waals surface area (Å²) < 4.78 is 29.0. The van der Waals surface area contributed by atoms with Gasteiger partial charge in [0.15, 0.2) is 0 Å². The van der Waals surface area contributed by atoms with Gasteiger partial charge in [-0.05, 0) is 31.9 Å². The van der Waals surface area contributed by atoms with E-state index in [-0.39, 0.29) is 10.9 Å². The second kappa shape index (κ2) is 6.22. The van der Waals surface area contributed by atoms with Crippen LogP contribution in [0.25, 0.3) is 5.69 Å². The van der Waals surface area contributed by atoms with Gasteiger partial charge in [-0.3, -0.25) is 0 Å². The van der Waals surface area contributed by atoms with E-state index in [4.69, 9.17) is 0 Å². The minimum Gasteiger partial charge on any atom is -0.240 e. The van der Waals surface area contributed by atoms with Crippen LogP contribution in [0.2, 0.25) is 0 Å². The molecular weight excluding hydrogens is 298 g/mol. The molecule has 0 spiro atoms. The van der Waals surface area contributed by atoms with Crippen LogP contribution in [0.5, 0.6) is 0 Å². The van der Waals surface area contributed by atoms with E-state index in [1.54, 1.807) is 15.2 Å². The minimum absolute atomic E-state index is 0.0487. The van der Waals surface area contributed by atoms with E-state index in [9.17, 15) is 8.42 Å². The molecule has 1 saturated heterocycles. The van der Waals surface area contributed by atoms with Crippen LogP contribution in [-0.4, -0.2) is 35.1 Å². The van der Waals surface area contributed by atoms with E-state index in [0.29, 0.717) is 6.54 Å². The van der Waals surface area contributed by atoms with Gasteiger partial charge in [-0.1, -0.05) is 31.0 Å². The third kappa shape index (κ3) is 2.94. The topological polar surface area (TPSA) is 55.2 Å². The number of benzene rings is 1. The summed E-state index contributed by atoms with van der Waals surface area (Å²) >= 11 is 0. The molecule has 0 aliphatic carbocycles. The number of sulfonamides is 1. The first kappa shape index (κ1) is 15.2. The monoisotopic (exact) mass is 319 g/mol. The number of hydrogen-bond donors (Lipinski definition) is 0. The standard InChI is InChI=1S/C16H21N3O2S/c1-14-8-4-3-7-11-19(14)22(20,21)16-12-17-18(13-16)15-9-5-2-6-10-15/h2,5-6,9-10,12-14H,3-4,7-8,11H2,1H3. The van der Waals surface area contributed by atoms with Crippen molar-refractivity contribution >= 4 is 10.0 Å². The molecule has 3 rings (SSSR count). The molecule has 0 saturated carbocycles. The van der Waals surface area contributed by atoms with Crippen molar-refractivity contribution in [3.8, 4) is 5.69 Å². The van der Waals surface area contributed by atoms with E-state index in [0.717, 1.165) is 31.4 Å². The van der Waals surface area contributed by atoms with E-state index < -0.39 is 10.0 Å². The Morgan fingerprint density at radius 2 is 1.91 bits per heavy atom. The average molecular weight is 319 g/mol. The molecule has 1 aliphatic rings. The molecule has 6 heteroatoms.